The van der Waals surface area contributed by atoms with Crippen molar-refractivity contribution in [1.82, 2.24) is 14.8 Å². The topological polar surface area (TPSA) is 47.8 Å². The van der Waals surface area contributed by atoms with E-state index >= 15 is 0 Å². The molecule has 0 N–H and O–H groups in total. The van der Waals surface area contributed by atoms with Crippen molar-refractivity contribution in [1.29, 1.82) is 0 Å². The Morgan fingerprint density at radius 2 is 1.83 bits per heavy atom. The summed E-state index contributed by atoms with van der Waals surface area (Å²) in [6.45, 7) is 2.07. The lowest BCUT2D eigenvalue weighted by Crippen LogP contribution is -2.00. The van der Waals surface area contributed by atoms with Crippen LogP contribution in [0.15, 0.2) is 66.1 Å². The average molecular weight is 337 g/mol. The number of Topliss-reactive ketones (excluding diaryl/α,β-unsaturated/α-hetero) is 1. The van der Waals surface area contributed by atoms with Gasteiger partial charge in [-0.3, -0.25) is 9.36 Å². The number of aryl methyl sites for hydroxylation is 1. The molecule has 0 radical (unpaired) electrons. The van der Waals surface area contributed by atoms with Gasteiger partial charge in [-0.1, -0.05) is 60.3 Å². The fourth-order valence-corrected chi connectivity index (χ4v) is 3.35. The van der Waals surface area contributed by atoms with E-state index in [0.29, 0.717) is 6.42 Å². The van der Waals surface area contributed by atoms with E-state index in [1.807, 2.05) is 47.0 Å². The molecule has 1 heterocycles. The number of hydrogen-bond acceptors (Lipinski definition) is 4. The van der Waals surface area contributed by atoms with Crippen LogP contribution in [0.4, 0.5) is 0 Å². The van der Waals surface area contributed by atoms with Crippen LogP contribution in [-0.2, 0) is 0 Å². The molecule has 0 atom stereocenters. The third kappa shape index (κ3) is 3.92. The van der Waals surface area contributed by atoms with Gasteiger partial charge >= 0.3 is 0 Å². The first-order valence-electron chi connectivity index (χ1n) is 7.93. The molecule has 2 aromatic carbocycles. The average Bonchev–Trinajstić information content (AvgIpc) is 3.08. The Morgan fingerprint density at radius 1 is 1.08 bits per heavy atom. The van der Waals surface area contributed by atoms with Gasteiger partial charge in [0.1, 0.15) is 6.33 Å². The summed E-state index contributed by atoms with van der Waals surface area (Å²) in [5.74, 6) is 1.03. The summed E-state index contributed by atoms with van der Waals surface area (Å²) in [7, 11) is 0. The van der Waals surface area contributed by atoms with Crippen molar-refractivity contribution in [3.8, 4) is 5.69 Å². The van der Waals surface area contributed by atoms with Crippen molar-refractivity contribution < 1.29 is 4.79 Å². The smallest absolute Gasteiger partial charge is 0.195 e. The first-order valence-corrected chi connectivity index (χ1v) is 8.91. The molecule has 0 aliphatic heterocycles. The molecule has 5 heteroatoms. The molecule has 0 aliphatic rings. The summed E-state index contributed by atoms with van der Waals surface area (Å²) >= 11 is 1.63. The van der Waals surface area contributed by atoms with E-state index in [2.05, 4.69) is 29.3 Å². The summed E-state index contributed by atoms with van der Waals surface area (Å²) in [4.78, 5) is 12.1. The van der Waals surface area contributed by atoms with Crippen LogP contribution in [0.5, 0.6) is 0 Å². The van der Waals surface area contributed by atoms with Gasteiger partial charge in [-0.2, -0.15) is 0 Å². The predicted octanol–water partition coefficient (Wildman–Crippen LogP) is 4.33. The maximum absolute atomic E-state index is 12.1. The van der Waals surface area contributed by atoms with Crippen molar-refractivity contribution in [2.45, 2.75) is 24.9 Å². The minimum absolute atomic E-state index is 0.191. The molecule has 0 spiro atoms. The van der Waals surface area contributed by atoms with Crippen molar-refractivity contribution in [2.24, 2.45) is 0 Å². The highest BCUT2D eigenvalue weighted by molar-refractivity contribution is 7.99. The standard InChI is InChI=1S/C19H19N3OS/c1-15-8-5-6-11-17(15)22-14-20-21-19(22)24-13-7-12-18(23)16-9-3-2-4-10-16/h2-6,8-11,14H,7,12-13H2,1H3. The molecule has 0 saturated heterocycles. The zero-order valence-electron chi connectivity index (χ0n) is 13.6. The molecule has 0 fully saturated rings. The Balaban J connectivity index is 1.56. The lowest BCUT2D eigenvalue weighted by molar-refractivity contribution is 0.0982. The van der Waals surface area contributed by atoms with Crippen LogP contribution in [-0.4, -0.2) is 26.3 Å². The Kier molecular flexibility index (Phi) is 5.43. The number of ketones is 1. The number of nitrogens with zero attached hydrogens (tertiary/aromatic N) is 3. The maximum atomic E-state index is 12.1. The van der Waals surface area contributed by atoms with E-state index in [1.54, 1.807) is 18.1 Å². The number of carbonyl (C=O) groups excluding carboxylic acids is 1. The second-order valence-electron chi connectivity index (χ2n) is 5.51. The van der Waals surface area contributed by atoms with Crippen LogP contribution in [0, 0.1) is 6.92 Å². The minimum Gasteiger partial charge on any atom is -0.294 e. The Labute approximate surface area is 145 Å². The summed E-state index contributed by atoms with van der Waals surface area (Å²) in [6, 6.07) is 17.6. The molecule has 3 rings (SSSR count). The monoisotopic (exact) mass is 337 g/mol. The number of para-hydroxylation sites is 1. The van der Waals surface area contributed by atoms with Crippen molar-refractivity contribution >= 4 is 17.5 Å². The lowest BCUT2D eigenvalue weighted by Gasteiger charge is -2.08. The van der Waals surface area contributed by atoms with Gasteiger partial charge in [0.25, 0.3) is 0 Å². The molecular formula is C19H19N3OS. The van der Waals surface area contributed by atoms with Gasteiger partial charge in [0.15, 0.2) is 10.9 Å². The Hall–Kier alpha value is -2.40. The molecule has 0 unspecified atom stereocenters. The first kappa shape index (κ1) is 16.5. The molecule has 3 aromatic rings. The summed E-state index contributed by atoms with van der Waals surface area (Å²) in [6.07, 6.45) is 3.11. The van der Waals surface area contributed by atoms with Gasteiger partial charge in [0, 0.05) is 17.7 Å². The lowest BCUT2D eigenvalue weighted by atomic mass is 10.1. The second kappa shape index (κ2) is 7.93. The van der Waals surface area contributed by atoms with Crippen LogP contribution in [0.2, 0.25) is 0 Å². The van der Waals surface area contributed by atoms with Crippen molar-refractivity contribution in [3.63, 3.8) is 0 Å². The highest BCUT2D eigenvalue weighted by Crippen LogP contribution is 2.22. The van der Waals surface area contributed by atoms with Gasteiger partial charge in [-0.15, -0.1) is 10.2 Å². The molecule has 1 aromatic heterocycles. The Bertz CT molecular complexity index is 814. The third-order valence-electron chi connectivity index (χ3n) is 3.77. The summed E-state index contributed by atoms with van der Waals surface area (Å²) < 4.78 is 2.00. The second-order valence-corrected chi connectivity index (χ2v) is 6.57. The van der Waals surface area contributed by atoms with Crippen LogP contribution in [0.3, 0.4) is 0 Å². The number of carbonyl (C=O) groups is 1. The Morgan fingerprint density at radius 3 is 2.62 bits per heavy atom. The molecule has 24 heavy (non-hydrogen) atoms. The van der Waals surface area contributed by atoms with Crippen LogP contribution in [0.1, 0.15) is 28.8 Å². The molecule has 0 saturated carbocycles. The quantitative estimate of drug-likeness (QED) is 0.366. The number of rotatable bonds is 7. The van der Waals surface area contributed by atoms with Crippen molar-refractivity contribution in [2.75, 3.05) is 5.75 Å². The number of aromatic nitrogens is 3. The first-order chi connectivity index (χ1) is 11.8. The highest BCUT2D eigenvalue weighted by Gasteiger charge is 2.10. The van der Waals surface area contributed by atoms with Crippen LogP contribution < -0.4 is 0 Å². The normalized spacial score (nSPS) is 10.7. The third-order valence-corrected chi connectivity index (χ3v) is 4.80. The van der Waals surface area contributed by atoms with E-state index < -0.39 is 0 Å². The van der Waals surface area contributed by atoms with Gasteiger partial charge in [-0.25, -0.2) is 0 Å². The van der Waals surface area contributed by atoms with Gasteiger partial charge in [-0.05, 0) is 25.0 Å². The summed E-state index contributed by atoms with van der Waals surface area (Å²) in [5, 5.41) is 9.08. The molecular weight excluding hydrogens is 318 g/mol. The zero-order valence-corrected chi connectivity index (χ0v) is 14.4. The van der Waals surface area contributed by atoms with E-state index in [-0.39, 0.29) is 5.78 Å². The van der Waals surface area contributed by atoms with Crippen LogP contribution in [0.25, 0.3) is 5.69 Å². The summed E-state index contributed by atoms with van der Waals surface area (Å²) in [5.41, 5.74) is 3.05. The van der Waals surface area contributed by atoms with E-state index in [0.717, 1.165) is 28.6 Å². The molecule has 4 nitrogen and oxygen atoms in total. The molecule has 0 amide bonds. The van der Waals surface area contributed by atoms with E-state index in [1.165, 1.54) is 5.56 Å². The SMILES string of the molecule is Cc1ccccc1-n1cnnc1SCCCC(=O)c1ccccc1. The molecule has 0 bridgehead atoms. The minimum atomic E-state index is 0.191. The predicted molar refractivity (Wildman–Crippen MR) is 96.8 cm³/mol. The number of hydrogen-bond donors (Lipinski definition) is 0. The maximum Gasteiger partial charge on any atom is 0.195 e. The number of thioether (sulfide) groups is 1. The van der Waals surface area contributed by atoms with Crippen LogP contribution >= 0.6 is 11.8 Å². The largest absolute Gasteiger partial charge is 0.294 e. The zero-order chi connectivity index (χ0) is 16.8. The van der Waals surface area contributed by atoms with E-state index in [4.69, 9.17) is 0 Å². The van der Waals surface area contributed by atoms with Crippen molar-refractivity contribution in [3.05, 3.63) is 72.1 Å². The van der Waals surface area contributed by atoms with Gasteiger partial charge in [0.2, 0.25) is 0 Å². The fourth-order valence-electron chi connectivity index (χ4n) is 2.49. The van der Waals surface area contributed by atoms with Gasteiger partial charge in [0.05, 0.1) is 5.69 Å². The van der Waals surface area contributed by atoms with Gasteiger partial charge < -0.3 is 0 Å². The fraction of sp³-hybridized carbons (Fsp3) is 0.211. The number of benzene rings is 2. The van der Waals surface area contributed by atoms with E-state index in [9.17, 15) is 4.79 Å². The molecule has 0 aliphatic carbocycles. The molecule has 122 valence electrons. The highest BCUT2D eigenvalue weighted by atomic mass is 32.2.